The number of pyridine rings is 1. The lowest BCUT2D eigenvalue weighted by molar-refractivity contribution is -0.137. The van der Waals surface area contributed by atoms with Gasteiger partial charge >= 0.3 is 12.2 Å². The summed E-state index contributed by atoms with van der Waals surface area (Å²) in [7, 11) is 0. The lowest BCUT2D eigenvalue weighted by atomic mass is 10.2. The number of hydrogen-bond donors (Lipinski definition) is 4. The Labute approximate surface area is 189 Å². The van der Waals surface area contributed by atoms with Crippen LogP contribution in [0.1, 0.15) is 15.9 Å². The van der Waals surface area contributed by atoms with Crippen LogP contribution in [0.3, 0.4) is 0 Å². The number of urea groups is 1. The van der Waals surface area contributed by atoms with Gasteiger partial charge in [-0.15, -0.1) is 0 Å². The summed E-state index contributed by atoms with van der Waals surface area (Å²) in [6.45, 7) is 0. The van der Waals surface area contributed by atoms with Crippen molar-refractivity contribution in [3.8, 4) is 0 Å². The predicted octanol–water partition coefficient (Wildman–Crippen LogP) is 5.53. The standard InChI is InChI=1S/C21H14ClF3N6O2/c22-17-8-15(5-6-16(17)21(23,24)25)30-20(33)29-14-3-1-13(2-4-14)28-19(32)12-7-11-10-27-31-18(11)26-9-12/h1-10H,(H,28,32)(H,26,27,31)(H2,29,30,33). The smallest absolute Gasteiger partial charge is 0.322 e. The third kappa shape index (κ3) is 5.21. The molecule has 0 aliphatic carbocycles. The van der Waals surface area contributed by atoms with Crippen molar-refractivity contribution < 1.29 is 22.8 Å². The molecule has 4 aromatic rings. The van der Waals surface area contributed by atoms with E-state index in [1.165, 1.54) is 6.20 Å². The largest absolute Gasteiger partial charge is 0.417 e. The van der Waals surface area contributed by atoms with E-state index >= 15 is 0 Å². The maximum atomic E-state index is 12.8. The fourth-order valence-electron chi connectivity index (χ4n) is 2.92. The van der Waals surface area contributed by atoms with Gasteiger partial charge in [0.05, 0.1) is 22.3 Å². The highest BCUT2D eigenvalue weighted by Gasteiger charge is 2.33. The van der Waals surface area contributed by atoms with Crippen LogP contribution < -0.4 is 16.0 Å². The zero-order valence-corrected chi connectivity index (χ0v) is 17.3. The van der Waals surface area contributed by atoms with Crippen LogP contribution in [-0.4, -0.2) is 27.1 Å². The number of fused-ring (bicyclic) bond motifs is 1. The zero-order chi connectivity index (χ0) is 23.6. The number of rotatable bonds is 4. The number of halogens is 4. The molecule has 0 unspecified atom stereocenters. The number of hydrogen-bond acceptors (Lipinski definition) is 4. The molecule has 0 spiro atoms. The Morgan fingerprint density at radius 1 is 0.879 bits per heavy atom. The fourth-order valence-corrected chi connectivity index (χ4v) is 3.20. The van der Waals surface area contributed by atoms with E-state index < -0.39 is 22.8 Å². The van der Waals surface area contributed by atoms with Gasteiger partial charge in [0.2, 0.25) is 0 Å². The molecule has 0 saturated heterocycles. The molecule has 0 atom stereocenters. The third-order valence-electron chi connectivity index (χ3n) is 4.49. The summed E-state index contributed by atoms with van der Waals surface area (Å²) in [4.78, 5) is 28.7. The maximum absolute atomic E-state index is 12.8. The molecule has 2 heterocycles. The first-order valence-electron chi connectivity index (χ1n) is 9.34. The van der Waals surface area contributed by atoms with Crippen LogP contribution in [0.25, 0.3) is 11.0 Å². The topological polar surface area (TPSA) is 112 Å². The van der Waals surface area contributed by atoms with Crippen molar-refractivity contribution >= 4 is 51.6 Å². The molecule has 0 bridgehead atoms. The number of carbonyl (C=O) groups excluding carboxylic acids is 2. The molecule has 0 fully saturated rings. The van der Waals surface area contributed by atoms with Crippen LogP contribution in [0.15, 0.2) is 60.9 Å². The molecule has 8 nitrogen and oxygen atoms in total. The molecule has 0 aliphatic heterocycles. The van der Waals surface area contributed by atoms with Crippen LogP contribution in [0.2, 0.25) is 5.02 Å². The minimum Gasteiger partial charge on any atom is -0.322 e. The van der Waals surface area contributed by atoms with Gasteiger partial charge in [0.15, 0.2) is 5.65 Å². The summed E-state index contributed by atoms with van der Waals surface area (Å²) in [5.74, 6) is -0.372. The number of carbonyl (C=O) groups is 2. The summed E-state index contributed by atoms with van der Waals surface area (Å²) in [5.41, 5.74) is 0.892. The van der Waals surface area contributed by atoms with E-state index in [-0.39, 0.29) is 11.6 Å². The maximum Gasteiger partial charge on any atom is 0.417 e. The highest BCUT2D eigenvalue weighted by Crippen LogP contribution is 2.35. The molecule has 33 heavy (non-hydrogen) atoms. The Morgan fingerprint density at radius 3 is 2.18 bits per heavy atom. The molecule has 0 radical (unpaired) electrons. The number of benzene rings is 2. The second kappa shape index (κ2) is 8.79. The van der Waals surface area contributed by atoms with Crippen LogP contribution in [0, 0.1) is 0 Å². The molecule has 0 aliphatic rings. The molecule has 2 aromatic carbocycles. The van der Waals surface area contributed by atoms with E-state index in [1.807, 2.05) is 0 Å². The van der Waals surface area contributed by atoms with Crippen LogP contribution in [-0.2, 0) is 6.18 Å². The van der Waals surface area contributed by atoms with E-state index in [4.69, 9.17) is 11.6 Å². The van der Waals surface area contributed by atoms with Gasteiger partial charge in [-0.05, 0) is 48.5 Å². The van der Waals surface area contributed by atoms with E-state index in [0.717, 1.165) is 18.2 Å². The van der Waals surface area contributed by atoms with E-state index in [1.54, 1.807) is 36.5 Å². The first-order chi connectivity index (χ1) is 15.7. The van der Waals surface area contributed by atoms with Gasteiger partial charge < -0.3 is 16.0 Å². The quantitative estimate of drug-likeness (QED) is 0.311. The van der Waals surface area contributed by atoms with Gasteiger partial charge in [-0.3, -0.25) is 9.89 Å². The monoisotopic (exact) mass is 474 g/mol. The minimum absolute atomic E-state index is 0.0950. The molecular formula is C21H14ClF3N6O2. The molecule has 4 rings (SSSR count). The molecule has 3 amide bonds. The minimum atomic E-state index is -4.59. The van der Waals surface area contributed by atoms with Gasteiger partial charge in [-0.1, -0.05) is 11.6 Å². The van der Waals surface area contributed by atoms with Crippen molar-refractivity contribution in [3.05, 3.63) is 77.1 Å². The first kappa shape index (κ1) is 22.1. The number of aromatic amines is 1. The number of aromatic nitrogens is 3. The second-order valence-corrected chi connectivity index (χ2v) is 7.24. The normalized spacial score (nSPS) is 11.3. The summed E-state index contributed by atoms with van der Waals surface area (Å²) < 4.78 is 38.3. The lowest BCUT2D eigenvalue weighted by Gasteiger charge is -2.12. The Balaban J connectivity index is 1.35. The van der Waals surface area contributed by atoms with Crippen molar-refractivity contribution in [2.24, 2.45) is 0 Å². The highest BCUT2D eigenvalue weighted by atomic mass is 35.5. The van der Waals surface area contributed by atoms with Gasteiger partial charge in [0.25, 0.3) is 5.91 Å². The van der Waals surface area contributed by atoms with Gasteiger partial charge in [-0.2, -0.15) is 18.3 Å². The van der Waals surface area contributed by atoms with Gasteiger partial charge in [0, 0.05) is 28.6 Å². The average Bonchev–Trinajstić information content (AvgIpc) is 3.22. The van der Waals surface area contributed by atoms with E-state index in [0.29, 0.717) is 28.0 Å². The number of nitrogens with zero attached hydrogens (tertiary/aromatic N) is 2. The molecule has 12 heteroatoms. The van der Waals surface area contributed by atoms with Crippen LogP contribution >= 0.6 is 11.6 Å². The van der Waals surface area contributed by atoms with Gasteiger partial charge in [-0.25, -0.2) is 9.78 Å². The van der Waals surface area contributed by atoms with Crippen molar-refractivity contribution in [2.75, 3.05) is 16.0 Å². The Bertz CT molecular complexity index is 1340. The lowest BCUT2D eigenvalue weighted by Crippen LogP contribution is -2.19. The zero-order valence-electron chi connectivity index (χ0n) is 16.5. The summed E-state index contributed by atoms with van der Waals surface area (Å²) in [5, 5.41) is 14.4. The molecule has 0 saturated carbocycles. The van der Waals surface area contributed by atoms with Gasteiger partial charge in [0.1, 0.15) is 0 Å². The van der Waals surface area contributed by atoms with Crippen molar-refractivity contribution in [3.63, 3.8) is 0 Å². The molecule has 4 N–H and O–H groups in total. The SMILES string of the molecule is O=C(Nc1ccc(NC(=O)c2cnc3[nH]ncc3c2)cc1)Nc1ccc(C(F)(F)F)c(Cl)c1. The molecule has 168 valence electrons. The van der Waals surface area contributed by atoms with E-state index in [9.17, 15) is 22.8 Å². The third-order valence-corrected chi connectivity index (χ3v) is 4.80. The molecular weight excluding hydrogens is 461 g/mol. The van der Waals surface area contributed by atoms with Crippen molar-refractivity contribution in [2.45, 2.75) is 6.18 Å². The first-order valence-corrected chi connectivity index (χ1v) is 9.72. The number of alkyl halides is 3. The summed E-state index contributed by atoms with van der Waals surface area (Å²) >= 11 is 5.65. The van der Waals surface area contributed by atoms with Crippen LogP contribution in [0.4, 0.5) is 35.0 Å². The second-order valence-electron chi connectivity index (χ2n) is 6.83. The Morgan fingerprint density at radius 2 is 1.52 bits per heavy atom. The number of nitrogens with one attached hydrogen (secondary N) is 4. The molecule has 2 aromatic heterocycles. The summed E-state index contributed by atoms with van der Waals surface area (Å²) in [6.07, 6.45) is -1.61. The van der Waals surface area contributed by atoms with E-state index in [2.05, 4.69) is 31.1 Å². The Kier molecular flexibility index (Phi) is 5.88. The number of amides is 3. The van der Waals surface area contributed by atoms with Crippen LogP contribution in [0.5, 0.6) is 0 Å². The van der Waals surface area contributed by atoms with Crippen molar-refractivity contribution in [1.29, 1.82) is 0 Å². The predicted molar refractivity (Wildman–Crippen MR) is 117 cm³/mol. The highest BCUT2D eigenvalue weighted by molar-refractivity contribution is 6.31. The fraction of sp³-hybridized carbons (Fsp3) is 0.0476. The summed E-state index contributed by atoms with van der Waals surface area (Å²) in [6, 6.07) is 10.1. The number of anilines is 3. The average molecular weight is 475 g/mol. The Hall–Kier alpha value is -4.12. The number of H-pyrrole nitrogens is 1. The van der Waals surface area contributed by atoms with Crippen molar-refractivity contribution in [1.82, 2.24) is 15.2 Å².